The lowest BCUT2D eigenvalue weighted by Crippen LogP contribution is -1.82. The van der Waals surface area contributed by atoms with Gasteiger partial charge in [-0.1, -0.05) is 55.7 Å². The van der Waals surface area contributed by atoms with Crippen molar-refractivity contribution in [2.45, 2.75) is 48.0 Å². The molecule has 0 fully saturated rings. The lowest BCUT2D eigenvalue weighted by atomic mass is 10.1. The summed E-state index contributed by atoms with van der Waals surface area (Å²) in [7, 11) is 0. The van der Waals surface area contributed by atoms with Gasteiger partial charge >= 0.3 is 0 Å². The molecule has 0 N–H and O–H groups in total. The first-order chi connectivity index (χ1) is 6.45. The molecule has 80 valence electrons. The molecule has 0 atom stereocenters. The highest BCUT2D eigenvalue weighted by Crippen LogP contribution is 2.09. The van der Waals surface area contributed by atoms with E-state index < -0.39 is 0 Å². The Morgan fingerprint density at radius 3 is 2.00 bits per heavy atom. The van der Waals surface area contributed by atoms with Crippen LogP contribution >= 0.6 is 0 Å². The smallest absolute Gasteiger partial charge is 0.0285 e. The third kappa shape index (κ3) is 6.71. The van der Waals surface area contributed by atoms with E-state index >= 15 is 0 Å². The molecule has 0 saturated carbocycles. The summed E-state index contributed by atoms with van der Waals surface area (Å²) in [4.78, 5) is 0. The Morgan fingerprint density at radius 1 is 1.00 bits per heavy atom. The molecule has 0 aromatic carbocycles. The summed E-state index contributed by atoms with van der Waals surface area (Å²) in [5, 5.41) is 0. The van der Waals surface area contributed by atoms with Crippen LogP contribution in [0.3, 0.4) is 0 Å². The number of hydrogen-bond donors (Lipinski definition) is 0. The van der Waals surface area contributed by atoms with E-state index in [2.05, 4.69) is 59.8 Å². The summed E-state index contributed by atoms with van der Waals surface area (Å²) in [5.74, 6) is 0.635. The largest absolute Gasteiger partial charge is 0.0790 e. The van der Waals surface area contributed by atoms with E-state index in [0.717, 1.165) is 6.42 Å². The minimum atomic E-state index is 0.635. The zero-order valence-corrected chi connectivity index (χ0v) is 10.5. The van der Waals surface area contributed by atoms with Crippen LogP contribution in [0.25, 0.3) is 0 Å². The summed E-state index contributed by atoms with van der Waals surface area (Å²) in [6.45, 7) is 13.1. The van der Waals surface area contributed by atoms with Crippen molar-refractivity contribution in [1.82, 2.24) is 0 Å². The van der Waals surface area contributed by atoms with E-state index in [1.807, 2.05) is 0 Å². The molecule has 0 aromatic heterocycles. The molecule has 0 spiro atoms. The van der Waals surface area contributed by atoms with Crippen LogP contribution in [0.4, 0.5) is 0 Å². The van der Waals surface area contributed by atoms with E-state index in [1.54, 1.807) is 0 Å². The van der Waals surface area contributed by atoms with Crippen LogP contribution in [-0.4, -0.2) is 0 Å². The standard InChI is InChI=1S/C14H24/c1-7-12(4)9-14(6)10-13(5)8-11(2)3/h8-11H,7H2,1-6H3/b12-9+,13-8+,14-10+. The van der Waals surface area contributed by atoms with Gasteiger partial charge in [0, 0.05) is 0 Å². The average molecular weight is 192 g/mol. The molecule has 0 aliphatic heterocycles. The SMILES string of the molecule is CC/C(C)=C/C(C)=C/C(C)=C/C(C)C. The monoisotopic (exact) mass is 192 g/mol. The van der Waals surface area contributed by atoms with Gasteiger partial charge in [-0.15, -0.1) is 0 Å². The van der Waals surface area contributed by atoms with Crippen molar-refractivity contribution in [3.8, 4) is 0 Å². The molecule has 0 heteroatoms. The number of hydrogen-bond acceptors (Lipinski definition) is 0. The van der Waals surface area contributed by atoms with Gasteiger partial charge < -0.3 is 0 Å². The second kappa shape index (κ2) is 6.64. The van der Waals surface area contributed by atoms with Gasteiger partial charge in [0.15, 0.2) is 0 Å². The zero-order chi connectivity index (χ0) is 11.1. The van der Waals surface area contributed by atoms with Gasteiger partial charge in [0.2, 0.25) is 0 Å². The Morgan fingerprint density at radius 2 is 1.57 bits per heavy atom. The van der Waals surface area contributed by atoms with Gasteiger partial charge in [-0.05, 0) is 33.1 Å². The second-order valence-electron chi connectivity index (χ2n) is 4.39. The Labute approximate surface area is 89.4 Å². The van der Waals surface area contributed by atoms with Gasteiger partial charge in [0.05, 0.1) is 0 Å². The highest BCUT2D eigenvalue weighted by molar-refractivity contribution is 5.29. The topological polar surface area (TPSA) is 0 Å². The summed E-state index contributed by atoms with van der Waals surface area (Å²) in [6, 6.07) is 0. The van der Waals surface area contributed by atoms with Gasteiger partial charge in [-0.3, -0.25) is 0 Å². The van der Waals surface area contributed by atoms with Crippen LogP contribution in [0.1, 0.15) is 48.0 Å². The molecule has 0 unspecified atom stereocenters. The Balaban J connectivity index is 4.52. The fourth-order valence-electron chi connectivity index (χ4n) is 1.47. The minimum Gasteiger partial charge on any atom is -0.0790 e. The van der Waals surface area contributed by atoms with Gasteiger partial charge in [-0.25, -0.2) is 0 Å². The molecule has 0 amide bonds. The van der Waals surface area contributed by atoms with Gasteiger partial charge in [-0.2, -0.15) is 0 Å². The number of allylic oxidation sites excluding steroid dienone is 6. The fourth-order valence-corrected chi connectivity index (χ4v) is 1.47. The van der Waals surface area contributed by atoms with Crippen LogP contribution in [-0.2, 0) is 0 Å². The normalized spacial score (nSPS) is 15.2. The molecule has 0 aromatic rings. The van der Waals surface area contributed by atoms with Gasteiger partial charge in [0.1, 0.15) is 0 Å². The molecule has 14 heavy (non-hydrogen) atoms. The minimum absolute atomic E-state index is 0.635. The van der Waals surface area contributed by atoms with Crippen molar-refractivity contribution in [3.63, 3.8) is 0 Å². The van der Waals surface area contributed by atoms with Crippen molar-refractivity contribution in [2.75, 3.05) is 0 Å². The summed E-state index contributed by atoms with van der Waals surface area (Å²) >= 11 is 0. The molecule has 0 rings (SSSR count). The van der Waals surface area contributed by atoms with E-state index in [9.17, 15) is 0 Å². The van der Waals surface area contributed by atoms with E-state index in [4.69, 9.17) is 0 Å². The second-order valence-corrected chi connectivity index (χ2v) is 4.39. The van der Waals surface area contributed by atoms with Crippen molar-refractivity contribution >= 4 is 0 Å². The van der Waals surface area contributed by atoms with Crippen LogP contribution in [0.2, 0.25) is 0 Å². The third-order valence-electron chi connectivity index (χ3n) is 2.08. The maximum Gasteiger partial charge on any atom is -0.0285 e. The van der Waals surface area contributed by atoms with E-state index in [1.165, 1.54) is 16.7 Å². The zero-order valence-electron chi connectivity index (χ0n) is 10.5. The van der Waals surface area contributed by atoms with Gasteiger partial charge in [0.25, 0.3) is 0 Å². The first-order valence-corrected chi connectivity index (χ1v) is 5.49. The van der Waals surface area contributed by atoms with Crippen molar-refractivity contribution in [1.29, 1.82) is 0 Å². The Bertz CT molecular complexity index is 249. The maximum atomic E-state index is 2.29. The van der Waals surface area contributed by atoms with E-state index in [0.29, 0.717) is 5.92 Å². The average Bonchev–Trinajstić information content (AvgIpc) is 2.01. The maximum absolute atomic E-state index is 2.29. The highest BCUT2D eigenvalue weighted by Gasteiger charge is 1.90. The Hall–Kier alpha value is -0.780. The molecule has 0 heterocycles. The van der Waals surface area contributed by atoms with E-state index in [-0.39, 0.29) is 0 Å². The predicted molar refractivity (Wildman–Crippen MR) is 66.4 cm³/mol. The molecule has 0 radical (unpaired) electrons. The predicted octanol–water partition coefficient (Wildman–Crippen LogP) is 4.89. The van der Waals surface area contributed by atoms with Crippen LogP contribution in [0, 0.1) is 5.92 Å². The molecule has 0 nitrogen and oxygen atoms in total. The summed E-state index contributed by atoms with van der Waals surface area (Å²) < 4.78 is 0. The summed E-state index contributed by atoms with van der Waals surface area (Å²) in [5.41, 5.74) is 4.15. The molecule has 0 bridgehead atoms. The molecule has 0 aliphatic rings. The van der Waals surface area contributed by atoms with Crippen molar-refractivity contribution in [3.05, 3.63) is 34.9 Å². The first-order valence-electron chi connectivity index (χ1n) is 5.49. The number of rotatable bonds is 4. The molecular weight excluding hydrogens is 168 g/mol. The first kappa shape index (κ1) is 13.2. The lowest BCUT2D eigenvalue weighted by Gasteiger charge is -2.00. The highest BCUT2D eigenvalue weighted by atomic mass is 14.0. The van der Waals surface area contributed by atoms with Crippen molar-refractivity contribution in [2.24, 2.45) is 5.92 Å². The van der Waals surface area contributed by atoms with Crippen LogP contribution in [0.5, 0.6) is 0 Å². The molecule has 0 saturated heterocycles. The summed E-state index contributed by atoms with van der Waals surface area (Å²) in [6.07, 6.45) is 7.94. The lowest BCUT2D eigenvalue weighted by molar-refractivity contribution is 0.825. The van der Waals surface area contributed by atoms with Crippen molar-refractivity contribution < 1.29 is 0 Å². The third-order valence-corrected chi connectivity index (χ3v) is 2.08. The molecule has 0 aliphatic carbocycles. The molecular formula is C14H24. The van der Waals surface area contributed by atoms with Crippen LogP contribution < -0.4 is 0 Å². The quantitative estimate of drug-likeness (QED) is 0.556. The van der Waals surface area contributed by atoms with Crippen LogP contribution in [0.15, 0.2) is 34.9 Å². The fraction of sp³-hybridized carbons (Fsp3) is 0.571. The Kier molecular flexibility index (Phi) is 6.27.